The molecule has 84 valence electrons. The third kappa shape index (κ3) is 2.49. The number of anilines is 1. The predicted octanol–water partition coefficient (Wildman–Crippen LogP) is 2.16. The fraction of sp³-hybridized carbons (Fsp3) is 0.778. The number of nitrogens with zero attached hydrogens (tertiary/aromatic N) is 3. The molecule has 0 aromatic carbocycles. The molecule has 0 N–H and O–H groups in total. The number of halogens is 1. The lowest BCUT2D eigenvalue weighted by molar-refractivity contribution is 0.0498. The summed E-state index contributed by atoms with van der Waals surface area (Å²) in [4.78, 5) is 2.25. The third-order valence-corrected chi connectivity index (χ3v) is 4.27. The molecule has 0 radical (unpaired) electrons. The number of rotatable bonds is 2. The molecule has 2 rings (SSSR count). The van der Waals surface area contributed by atoms with Crippen LogP contribution in [0, 0.1) is 5.92 Å². The molecule has 6 heteroatoms. The highest BCUT2D eigenvalue weighted by molar-refractivity contribution is 9.11. The van der Waals surface area contributed by atoms with Crippen LogP contribution < -0.4 is 4.90 Å². The van der Waals surface area contributed by atoms with E-state index in [-0.39, 0.29) is 0 Å². The van der Waals surface area contributed by atoms with Gasteiger partial charge in [-0.15, -0.1) is 10.2 Å². The molecule has 1 aromatic heterocycles. The van der Waals surface area contributed by atoms with Gasteiger partial charge in [-0.3, -0.25) is 0 Å². The zero-order valence-electron chi connectivity index (χ0n) is 8.81. The average molecular weight is 292 g/mol. The first-order valence-electron chi connectivity index (χ1n) is 4.97. The van der Waals surface area contributed by atoms with Gasteiger partial charge in [0.2, 0.25) is 5.13 Å². The molecule has 0 amide bonds. The highest BCUT2D eigenvalue weighted by Crippen LogP contribution is 2.28. The van der Waals surface area contributed by atoms with Crippen molar-refractivity contribution in [3.8, 4) is 0 Å². The Balaban J connectivity index is 2.06. The van der Waals surface area contributed by atoms with Gasteiger partial charge in [-0.25, -0.2) is 0 Å². The molecule has 4 nitrogen and oxygen atoms in total. The van der Waals surface area contributed by atoms with Gasteiger partial charge in [0.05, 0.1) is 6.10 Å². The van der Waals surface area contributed by atoms with E-state index in [0.29, 0.717) is 12.0 Å². The van der Waals surface area contributed by atoms with Crippen molar-refractivity contribution in [2.45, 2.75) is 19.4 Å². The van der Waals surface area contributed by atoms with Crippen LogP contribution in [0.5, 0.6) is 0 Å². The second-order valence-corrected chi connectivity index (χ2v) is 6.06. The van der Waals surface area contributed by atoms with Crippen LogP contribution >= 0.6 is 27.3 Å². The molecule has 0 aliphatic carbocycles. The summed E-state index contributed by atoms with van der Waals surface area (Å²) in [6, 6.07) is 0. The van der Waals surface area contributed by atoms with E-state index in [0.717, 1.165) is 28.6 Å². The van der Waals surface area contributed by atoms with Crippen molar-refractivity contribution in [3.63, 3.8) is 0 Å². The minimum absolute atomic E-state index is 0.307. The van der Waals surface area contributed by atoms with Crippen molar-refractivity contribution in [2.24, 2.45) is 5.92 Å². The molecule has 1 aromatic rings. The quantitative estimate of drug-likeness (QED) is 0.837. The van der Waals surface area contributed by atoms with Crippen LogP contribution in [0.25, 0.3) is 0 Å². The number of methoxy groups -OCH3 is 1. The maximum absolute atomic E-state index is 5.46. The Morgan fingerprint density at radius 3 is 2.93 bits per heavy atom. The van der Waals surface area contributed by atoms with E-state index in [4.69, 9.17) is 4.74 Å². The Hall–Kier alpha value is -0.200. The van der Waals surface area contributed by atoms with E-state index >= 15 is 0 Å². The smallest absolute Gasteiger partial charge is 0.209 e. The molecule has 15 heavy (non-hydrogen) atoms. The summed E-state index contributed by atoms with van der Waals surface area (Å²) in [6.45, 7) is 4.20. The lowest BCUT2D eigenvalue weighted by Gasteiger charge is -2.35. The third-order valence-electron chi connectivity index (χ3n) is 2.85. The summed E-state index contributed by atoms with van der Waals surface area (Å²) in [5.74, 6) is 0.627. The summed E-state index contributed by atoms with van der Waals surface area (Å²) in [6.07, 6.45) is 1.46. The second-order valence-electron chi connectivity index (χ2n) is 3.82. The van der Waals surface area contributed by atoms with Crippen molar-refractivity contribution >= 4 is 32.4 Å². The summed E-state index contributed by atoms with van der Waals surface area (Å²) in [7, 11) is 1.78. The minimum atomic E-state index is 0.307. The molecular weight excluding hydrogens is 278 g/mol. The Kier molecular flexibility index (Phi) is 3.58. The molecule has 2 atom stereocenters. The summed E-state index contributed by atoms with van der Waals surface area (Å²) in [5.41, 5.74) is 0. The van der Waals surface area contributed by atoms with Gasteiger partial charge in [0.25, 0.3) is 0 Å². The van der Waals surface area contributed by atoms with Gasteiger partial charge in [-0.1, -0.05) is 18.3 Å². The Morgan fingerprint density at radius 1 is 1.53 bits per heavy atom. The fourth-order valence-electron chi connectivity index (χ4n) is 1.84. The van der Waals surface area contributed by atoms with Crippen LogP contribution in [0.3, 0.4) is 0 Å². The van der Waals surface area contributed by atoms with Gasteiger partial charge in [-0.05, 0) is 28.3 Å². The first kappa shape index (κ1) is 11.3. The molecule has 2 heterocycles. The van der Waals surface area contributed by atoms with Crippen molar-refractivity contribution in [2.75, 3.05) is 25.1 Å². The van der Waals surface area contributed by atoms with E-state index in [2.05, 4.69) is 38.0 Å². The van der Waals surface area contributed by atoms with E-state index in [1.54, 1.807) is 18.4 Å². The normalized spacial score (nSPS) is 27.0. The van der Waals surface area contributed by atoms with E-state index in [1.165, 1.54) is 0 Å². The fourth-order valence-corrected chi connectivity index (χ4v) is 2.96. The van der Waals surface area contributed by atoms with E-state index in [1.807, 2.05) is 0 Å². The molecule has 1 fully saturated rings. The van der Waals surface area contributed by atoms with Crippen LogP contribution in [0.4, 0.5) is 5.13 Å². The van der Waals surface area contributed by atoms with Crippen LogP contribution in [-0.4, -0.2) is 36.5 Å². The molecular formula is C9H14BrN3OS. The molecule has 1 aliphatic rings. The van der Waals surface area contributed by atoms with Crippen LogP contribution in [-0.2, 0) is 4.74 Å². The monoisotopic (exact) mass is 291 g/mol. The molecule has 0 saturated carbocycles. The maximum atomic E-state index is 5.46. The van der Waals surface area contributed by atoms with Crippen molar-refractivity contribution in [1.29, 1.82) is 0 Å². The molecule has 1 saturated heterocycles. The zero-order chi connectivity index (χ0) is 10.8. The topological polar surface area (TPSA) is 38.2 Å². The number of aromatic nitrogens is 2. The Bertz CT molecular complexity index is 333. The summed E-state index contributed by atoms with van der Waals surface area (Å²) in [5, 5.41) is 9.07. The lowest BCUT2D eigenvalue weighted by Crippen LogP contribution is -2.43. The van der Waals surface area contributed by atoms with Gasteiger partial charge < -0.3 is 9.64 Å². The SMILES string of the molecule is COC1CN(c2nnc(Br)s2)CCC1C. The van der Waals surface area contributed by atoms with E-state index < -0.39 is 0 Å². The Morgan fingerprint density at radius 2 is 2.33 bits per heavy atom. The van der Waals surface area contributed by atoms with E-state index in [9.17, 15) is 0 Å². The number of ether oxygens (including phenoxy) is 1. The summed E-state index contributed by atoms with van der Waals surface area (Å²) >= 11 is 4.90. The molecule has 0 spiro atoms. The highest BCUT2D eigenvalue weighted by atomic mass is 79.9. The van der Waals surface area contributed by atoms with Gasteiger partial charge in [-0.2, -0.15) is 0 Å². The minimum Gasteiger partial charge on any atom is -0.379 e. The maximum Gasteiger partial charge on any atom is 0.209 e. The van der Waals surface area contributed by atoms with Crippen molar-refractivity contribution < 1.29 is 4.74 Å². The van der Waals surface area contributed by atoms with Gasteiger partial charge in [0.15, 0.2) is 3.92 Å². The largest absolute Gasteiger partial charge is 0.379 e. The number of hydrogen-bond donors (Lipinski definition) is 0. The van der Waals surface area contributed by atoms with Gasteiger partial charge >= 0.3 is 0 Å². The number of piperidine rings is 1. The zero-order valence-corrected chi connectivity index (χ0v) is 11.2. The van der Waals surface area contributed by atoms with Gasteiger partial charge in [0.1, 0.15) is 0 Å². The standard InChI is InChI=1S/C9H14BrN3OS/c1-6-3-4-13(5-7(6)14-2)9-12-11-8(10)15-9/h6-7H,3-5H2,1-2H3. The predicted molar refractivity (Wildman–Crippen MR) is 64.4 cm³/mol. The highest BCUT2D eigenvalue weighted by Gasteiger charge is 2.27. The Labute approximate surface area is 102 Å². The molecule has 0 bridgehead atoms. The lowest BCUT2D eigenvalue weighted by atomic mass is 9.96. The number of hydrogen-bond acceptors (Lipinski definition) is 5. The first-order valence-corrected chi connectivity index (χ1v) is 6.58. The van der Waals surface area contributed by atoms with Crippen molar-refractivity contribution in [1.82, 2.24) is 10.2 Å². The average Bonchev–Trinajstić information content (AvgIpc) is 2.66. The second kappa shape index (κ2) is 4.76. The van der Waals surface area contributed by atoms with Crippen LogP contribution in [0.15, 0.2) is 3.92 Å². The molecule has 1 aliphatic heterocycles. The first-order chi connectivity index (χ1) is 7.20. The van der Waals surface area contributed by atoms with Crippen molar-refractivity contribution in [3.05, 3.63) is 3.92 Å². The van der Waals surface area contributed by atoms with Crippen LogP contribution in [0.2, 0.25) is 0 Å². The van der Waals surface area contributed by atoms with Crippen LogP contribution in [0.1, 0.15) is 13.3 Å². The molecule has 2 unspecified atom stereocenters. The summed E-state index contributed by atoms with van der Waals surface area (Å²) < 4.78 is 6.30. The van der Waals surface area contributed by atoms with Gasteiger partial charge in [0, 0.05) is 20.2 Å².